The Morgan fingerprint density at radius 1 is 0.828 bits per heavy atom. The first kappa shape index (κ1) is 48.4. The summed E-state index contributed by atoms with van der Waals surface area (Å²) in [5.41, 5.74) is 0.221. The molecule has 2 aliphatic carbocycles. The minimum absolute atomic E-state index is 0.0463. The molecule has 19 atom stereocenters. The highest BCUT2D eigenvalue weighted by molar-refractivity contribution is 5.78. The van der Waals surface area contributed by atoms with Crippen LogP contribution in [0.2, 0.25) is 0 Å². The second-order valence-electron chi connectivity index (χ2n) is 20.4. The number of carbonyl (C=O) groups excluding carboxylic acids is 1. The Hall–Kier alpha value is -2.05. The van der Waals surface area contributed by atoms with Crippen LogP contribution in [0.25, 0.3) is 0 Å². The Labute approximate surface area is 379 Å². The van der Waals surface area contributed by atoms with Gasteiger partial charge in [-0.15, -0.1) is 0 Å². The average Bonchev–Trinajstić information content (AvgIpc) is 3.62. The molecule has 0 amide bonds. The lowest BCUT2D eigenvalue weighted by atomic mass is 9.71. The van der Waals surface area contributed by atoms with Gasteiger partial charge in [-0.25, -0.2) is 0 Å². The van der Waals surface area contributed by atoms with Gasteiger partial charge in [0.15, 0.2) is 18.4 Å². The van der Waals surface area contributed by atoms with Crippen LogP contribution in [0.15, 0.2) is 47.1 Å². The Morgan fingerprint density at radius 2 is 1.55 bits per heavy atom. The fourth-order valence-corrected chi connectivity index (χ4v) is 12.1. The zero-order valence-electron chi connectivity index (χ0n) is 39.3. The number of hydrogen-bond donors (Lipinski definition) is 3. The van der Waals surface area contributed by atoms with Crippen molar-refractivity contribution < 1.29 is 67.5 Å². The van der Waals surface area contributed by atoms with Crippen molar-refractivity contribution in [2.24, 2.45) is 23.7 Å². The monoisotopic (exact) mass is 901 g/mol. The molecule has 14 heteroatoms. The summed E-state index contributed by atoms with van der Waals surface area (Å²) < 4.78 is 64.4. The molecule has 0 aromatic rings. The molecule has 3 unspecified atom stereocenters. The predicted molar refractivity (Wildman–Crippen MR) is 235 cm³/mol. The Kier molecular flexibility index (Phi) is 15.3. The van der Waals surface area contributed by atoms with E-state index in [1.165, 1.54) is 19.3 Å². The molecule has 5 saturated heterocycles. The summed E-state index contributed by atoms with van der Waals surface area (Å²) in [7, 11) is 3.24. The van der Waals surface area contributed by atoms with Crippen molar-refractivity contribution in [3.63, 3.8) is 0 Å². The number of aliphatic hydroxyl groups excluding tert-OH is 2. The van der Waals surface area contributed by atoms with Crippen molar-refractivity contribution in [2.45, 2.75) is 216 Å². The van der Waals surface area contributed by atoms with Gasteiger partial charge >= 0.3 is 5.97 Å². The summed E-state index contributed by atoms with van der Waals surface area (Å²) in [6, 6.07) is 0. The molecule has 1 spiro atoms. The van der Waals surface area contributed by atoms with Crippen LogP contribution in [0.1, 0.15) is 119 Å². The van der Waals surface area contributed by atoms with Gasteiger partial charge in [0.05, 0.1) is 49.3 Å². The molecule has 0 aromatic heterocycles. The van der Waals surface area contributed by atoms with E-state index in [0.29, 0.717) is 61.5 Å². The van der Waals surface area contributed by atoms with Crippen molar-refractivity contribution in [3.05, 3.63) is 47.1 Å². The summed E-state index contributed by atoms with van der Waals surface area (Å²) in [5, 5.41) is 34.4. The van der Waals surface area contributed by atoms with Crippen LogP contribution in [0.5, 0.6) is 0 Å². The fourth-order valence-electron chi connectivity index (χ4n) is 12.1. The molecule has 14 nitrogen and oxygen atoms in total. The first-order chi connectivity index (χ1) is 30.6. The highest BCUT2D eigenvalue weighted by atomic mass is 16.7. The molecule has 8 aliphatic rings. The minimum atomic E-state index is -1.82. The van der Waals surface area contributed by atoms with Crippen LogP contribution >= 0.6 is 0 Å². The average molecular weight is 901 g/mol. The zero-order valence-corrected chi connectivity index (χ0v) is 39.3. The van der Waals surface area contributed by atoms with Crippen molar-refractivity contribution >= 4 is 5.97 Å². The molecule has 6 heterocycles. The van der Waals surface area contributed by atoms with E-state index in [4.69, 9.17) is 47.4 Å². The lowest BCUT2D eigenvalue weighted by molar-refractivity contribution is -0.342. The number of methoxy groups -OCH3 is 2. The van der Waals surface area contributed by atoms with E-state index >= 15 is 0 Å². The lowest BCUT2D eigenvalue weighted by Crippen LogP contribution is -2.58. The quantitative estimate of drug-likeness (QED) is 0.197. The van der Waals surface area contributed by atoms with E-state index < -0.39 is 90.8 Å². The van der Waals surface area contributed by atoms with E-state index in [-0.39, 0.29) is 30.8 Å². The number of fused-ring (bicyclic) bond motifs is 2. The van der Waals surface area contributed by atoms with Gasteiger partial charge in [-0.1, -0.05) is 63.5 Å². The molecule has 6 aliphatic heterocycles. The third-order valence-corrected chi connectivity index (χ3v) is 15.8. The van der Waals surface area contributed by atoms with E-state index in [1.807, 2.05) is 19.1 Å². The van der Waals surface area contributed by atoms with Crippen molar-refractivity contribution in [3.8, 4) is 0 Å². The molecule has 3 N–H and O–H groups in total. The van der Waals surface area contributed by atoms with E-state index in [9.17, 15) is 20.1 Å². The number of ether oxygens (including phenoxy) is 10. The van der Waals surface area contributed by atoms with Crippen molar-refractivity contribution in [1.29, 1.82) is 0 Å². The first-order valence-electron chi connectivity index (χ1n) is 24.3. The Morgan fingerprint density at radius 3 is 2.30 bits per heavy atom. The van der Waals surface area contributed by atoms with Crippen molar-refractivity contribution in [1.82, 2.24) is 0 Å². The van der Waals surface area contributed by atoms with E-state index in [2.05, 4.69) is 26.8 Å². The highest BCUT2D eigenvalue weighted by Crippen LogP contribution is 2.49. The molecular weight excluding hydrogens is 825 g/mol. The maximum Gasteiger partial charge on any atom is 0.316 e. The number of rotatable bonds is 7. The van der Waals surface area contributed by atoms with Gasteiger partial charge in [-0.3, -0.25) is 4.79 Å². The van der Waals surface area contributed by atoms with Crippen LogP contribution in [0, 0.1) is 23.7 Å². The molecular formula is C50H76O14. The third kappa shape index (κ3) is 9.92. The topological polar surface area (TPSA) is 170 Å². The van der Waals surface area contributed by atoms with Gasteiger partial charge in [-0.05, 0) is 81.9 Å². The maximum absolute atomic E-state index is 14.5. The fraction of sp³-hybridized carbons (Fsp3) is 0.820. The van der Waals surface area contributed by atoms with Crippen LogP contribution in [-0.4, -0.2) is 139 Å². The molecule has 8 rings (SSSR count). The zero-order chi connectivity index (χ0) is 45.5. The molecule has 360 valence electrons. The molecule has 2 bridgehead atoms. The highest BCUT2D eigenvalue weighted by Gasteiger charge is 2.60. The number of aliphatic hydroxyl groups is 3. The SMILES string of the molecule is CO[C@H]1C[C@H](O[C@H]2[C@H](C)O[C@@H](O[C@@H]3/C(C)=C/C[C@@H]4CC(C[C@]5(CC[C@H](C)[C@@H](C6CCCCC6)O5)O4)OC(=O)C4C=C(C)[C@@H](O)[C@H]5OC/C(=C\C=C\[C@@H]3C)[C@@]45O)C[C@@H]2OC)O[C@@H](C)C1O. The summed E-state index contributed by atoms with van der Waals surface area (Å²) in [4.78, 5) is 14.5. The van der Waals surface area contributed by atoms with Crippen LogP contribution < -0.4 is 0 Å². The van der Waals surface area contributed by atoms with Gasteiger partial charge in [0.25, 0.3) is 0 Å². The smallest absolute Gasteiger partial charge is 0.316 e. The number of hydrogen-bond acceptors (Lipinski definition) is 14. The summed E-state index contributed by atoms with van der Waals surface area (Å²) in [6.07, 6.45) is 11.9. The van der Waals surface area contributed by atoms with E-state index in [1.54, 1.807) is 40.2 Å². The molecule has 6 fully saturated rings. The molecule has 0 radical (unpaired) electrons. The first-order valence-corrected chi connectivity index (χ1v) is 24.3. The summed E-state index contributed by atoms with van der Waals surface area (Å²) in [5.74, 6) is -1.86. The third-order valence-electron chi connectivity index (χ3n) is 15.8. The molecule has 64 heavy (non-hydrogen) atoms. The summed E-state index contributed by atoms with van der Waals surface area (Å²) in [6.45, 7) is 12.0. The second-order valence-corrected chi connectivity index (χ2v) is 20.4. The number of carbonyl (C=O) groups is 1. The van der Waals surface area contributed by atoms with Crippen LogP contribution in [0.3, 0.4) is 0 Å². The number of esters is 1. The van der Waals surface area contributed by atoms with E-state index in [0.717, 1.165) is 24.8 Å². The largest absolute Gasteiger partial charge is 0.462 e. The lowest BCUT2D eigenvalue weighted by Gasteiger charge is -2.51. The second kappa shape index (κ2) is 20.3. The Balaban J connectivity index is 1.08. The van der Waals surface area contributed by atoms with Gasteiger partial charge in [0.1, 0.15) is 42.0 Å². The van der Waals surface area contributed by atoms with Gasteiger partial charge in [-0.2, -0.15) is 0 Å². The number of allylic oxidation sites excluding steroid dienone is 2. The molecule has 1 saturated carbocycles. The van der Waals surface area contributed by atoms with Crippen molar-refractivity contribution in [2.75, 3.05) is 20.8 Å². The maximum atomic E-state index is 14.5. The minimum Gasteiger partial charge on any atom is -0.462 e. The standard InChI is InChI=1S/C50H76O14/c1-27-13-12-16-34-26-57-47-42(51)30(4)21-37(50(34,47)54)48(53)60-36-22-35(63-49(25-36)20-19-29(3)45(64-49)33-14-10-9-11-15-33)18-17-28(2)44(27)61-41-24-39(56-8)46(32(6)59-41)62-40-23-38(55-7)43(52)31(5)58-40/h12-13,16-17,21,27,29,31-33,35-47,51-52,54H,9-11,14-15,18-20,22-26H2,1-8H3/b13-12+,28-17+,34-16+/t27-,29-,31-,32-,35+,36?,37?,38-,39-,40-,41-,42+,43?,44-,45-,46-,47+,49+,50+/m0/s1. The molecule has 0 aromatic carbocycles. The van der Waals surface area contributed by atoms with Crippen LogP contribution in [0.4, 0.5) is 0 Å². The van der Waals surface area contributed by atoms with Gasteiger partial charge in [0.2, 0.25) is 0 Å². The normalized spacial score (nSPS) is 49.5. The predicted octanol–water partition coefficient (Wildman–Crippen LogP) is 6.14. The van der Waals surface area contributed by atoms with Crippen LogP contribution in [-0.2, 0) is 52.2 Å². The van der Waals surface area contributed by atoms with Gasteiger partial charge in [0, 0.05) is 52.2 Å². The van der Waals surface area contributed by atoms with Gasteiger partial charge < -0.3 is 62.7 Å². The Bertz CT molecular complexity index is 1740. The summed E-state index contributed by atoms with van der Waals surface area (Å²) >= 11 is 0.